The first-order chi connectivity index (χ1) is 14.6. The van der Waals surface area contributed by atoms with Gasteiger partial charge in [-0.15, -0.1) is 0 Å². The lowest BCUT2D eigenvalue weighted by atomic mass is 9.60. The molecule has 2 aromatic rings. The van der Waals surface area contributed by atoms with Crippen LogP contribution in [-0.2, 0) is 9.53 Å². The third-order valence-electron chi connectivity index (χ3n) is 6.91. The van der Waals surface area contributed by atoms with E-state index in [2.05, 4.69) is 74.3 Å². The van der Waals surface area contributed by atoms with Crippen molar-refractivity contribution in [3.63, 3.8) is 0 Å². The van der Waals surface area contributed by atoms with Gasteiger partial charge in [0.25, 0.3) is 0 Å². The smallest absolute Gasteiger partial charge is 0.318 e. The minimum Gasteiger partial charge on any atom is -0.426 e. The molecule has 0 aromatic heterocycles. The summed E-state index contributed by atoms with van der Waals surface area (Å²) in [4.78, 5) is 13.5. The number of rotatable bonds is 2. The van der Waals surface area contributed by atoms with Gasteiger partial charge in [0.2, 0.25) is 0 Å². The Morgan fingerprint density at radius 1 is 0.867 bits per heavy atom. The van der Waals surface area contributed by atoms with Crippen molar-refractivity contribution < 1.29 is 9.53 Å². The fraction of sp³-hybridized carbons (Fsp3) is 0.346. The van der Waals surface area contributed by atoms with Gasteiger partial charge in [-0.1, -0.05) is 75.4 Å². The fourth-order valence-corrected chi connectivity index (χ4v) is 6.03. The van der Waals surface area contributed by atoms with Crippen molar-refractivity contribution in [1.29, 1.82) is 0 Å². The Labute approximate surface area is 194 Å². The third-order valence-corrected chi connectivity index (χ3v) is 7.97. The molecule has 1 heterocycles. The Hall–Kier alpha value is -1.65. The van der Waals surface area contributed by atoms with Crippen LogP contribution in [0.5, 0.6) is 0 Å². The maximum absolute atomic E-state index is 13.5. The molecule has 30 heavy (non-hydrogen) atoms. The van der Waals surface area contributed by atoms with E-state index in [1.54, 1.807) is 0 Å². The van der Waals surface area contributed by atoms with Crippen molar-refractivity contribution in [2.24, 2.45) is 5.41 Å². The predicted molar refractivity (Wildman–Crippen MR) is 127 cm³/mol. The number of esters is 1. The fourth-order valence-electron chi connectivity index (χ4n) is 5.50. The van der Waals surface area contributed by atoms with Gasteiger partial charge in [0.05, 0.1) is 5.41 Å². The summed E-state index contributed by atoms with van der Waals surface area (Å²) in [5.41, 5.74) is 4.44. The summed E-state index contributed by atoms with van der Waals surface area (Å²) in [5.74, 6) is 0.947. The number of carbonyl (C=O) groups is 1. The van der Waals surface area contributed by atoms with E-state index in [0.717, 1.165) is 64.4 Å². The van der Waals surface area contributed by atoms with Crippen LogP contribution in [0, 0.1) is 5.41 Å². The molecule has 1 aliphatic heterocycles. The zero-order valence-electron chi connectivity index (χ0n) is 16.8. The summed E-state index contributed by atoms with van der Waals surface area (Å²) in [7, 11) is 0. The van der Waals surface area contributed by atoms with Gasteiger partial charge in [0.15, 0.2) is 0 Å². The largest absolute Gasteiger partial charge is 0.426 e. The van der Waals surface area contributed by atoms with Gasteiger partial charge in [-0.25, -0.2) is 0 Å². The highest BCUT2D eigenvalue weighted by atomic mass is 79.9. The summed E-state index contributed by atoms with van der Waals surface area (Å²) in [6.45, 7) is 0. The summed E-state index contributed by atoms with van der Waals surface area (Å²) in [5, 5.41) is 0. The zero-order chi connectivity index (χ0) is 20.7. The molecule has 0 saturated heterocycles. The lowest BCUT2D eigenvalue weighted by Gasteiger charge is -2.45. The summed E-state index contributed by atoms with van der Waals surface area (Å²) in [6.07, 6.45) is 9.34. The minimum absolute atomic E-state index is 0.0162. The number of ether oxygens (including phenoxy) is 1. The molecule has 2 aromatic carbocycles. The molecule has 1 unspecified atom stereocenters. The number of carbonyl (C=O) groups excluding carboxylic acids is 1. The number of hydrogen-bond acceptors (Lipinski definition) is 2. The Bertz CT molecular complexity index is 1030. The van der Waals surface area contributed by atoms with Gasteiger partial charge in [0, 0.05) is 14.9 Å². The monoisotopic (exact) mass is 526 g/mol. The van der Waals surface area contributed by atoms with Gasteiger partial charge < -0.3 is 4.74 Å². The van der Waals surface area contributed by atoms with Crippen LogP contribution in [0.2, 0.25) is 0 Å². The van der Waals surface area contributed by atoms with E-state index in [1.165, 1.54) is 17.6 Å². The van der Waals surface area contributed by atoms with Crippen LogP contribution < -0.4 is 0 Å². The van der Waals surface area contributed by atoms with Crippen molar-refractivity contribution in [3.05, 3.63) is 85.5 Å². The molecule has 154 valence electrons. The maximum atomic E-state index is 13.5. The van der Waals surface area contributed by atoms with Gasteiger partial charge >= 0.3 is 5.97 Å². The van der Waals surface area contributed by atoms with Crippen LogP contribution in [0.1, 0.15) is 62.0 Å². The first kappa shape index (κ1) is 20.3. The molecule has 1 saturated carbocycles. The van der Waals surface area contributed by atoms with Crippen LogP contribution in [-0.4, -0.2) is 5.97 Å². The molecule has 1 fully saturated rings. The highest BCUT2D eigenvalue weighted by Gasteiger charge is 2.54. The second kappa shape index (κ2) is 8.12. The molecule has 1 spiro atoms. The Balaban J connectivity index is 1.62. The Kier molecular flexibility index (Phi) is 5.49. The highest BCUT2D eigenvalue weighted by Crippen LogP contribution is 2.58. The van der Waals surface area contributed by atoms with Crippen molar-refractivity contribution in [2.45, 2.75) is 50.9 Å². The van der Waals surface area contributed by atoms with E-state index >= 15 is 0 Å². The van der Waals surface area contributed by atoms with Gasteiger partial charge in [-0.05, 0) is 78.3 Å². The van der Waals surface area contributed by atoms with E-state index in [1.807, 2.05) is 12.1 Å². The van der Waals surface area contributed by atoms with Crippen LogP contribution >= 0.6 is 31.9 Å². The molecular weight excluding hydrogens is 504 g/mol. The SMILES string of the molecule is O=C1OC2=C(CCC2=Cc2ccc(Br)cc2)C(c2ccc(Br)cc2)C12CCCCC2. The standard InChI is InChI=1S/C26H24Br2O2/c27-20-9-4-17(5-10-20)16-19-8-13-22-23(18-6-11-21(28)12-7-18)26(14-2-1-3-15-26)25(29)30-24(19)22/h4-7,9-12,16,23H,1-3,8,13-15H2. The molecule has 4 heteroatoms. The highest BCUT2D eigenvalue weighted by molar-refractivity contribution is 9.10. The topological polar surface area (TPSA) is 26.3 Å². The lowest BCUT2D eigenvalue weighted by Crippen LogP contribution is -2.44. The number of hydrogen-bond donors (Lipinski definition) is 0. The van der Waals surface area contributed by atoms with Crippen LogP contribution in [0.15, 0.2) is 74.4 Å². The van der Waals surface area contributed by atoms with Crippen LogP contribution in [0.4, 0.5) is 0 Å². The van der Waals surface area contributed by atoms with Gasteiger partial charge in [-0.2, -0.15) is 0 Å². The number of allylic oxidation sites excluding steroid dienone is 2. The molecule has 1 atom stereocenters. The van der Waals surface area contributed by atoms with E-state index in [0.29, 0.717) is 0 Å². The predicted octanol–water partition coefficient (Wildman–Crippen LogP) is 7.93. The van der Waals surface area contributed by atoms with Gasteiger partial charge in [-0.3, -0.25) is 4.79 Å². The molecular formula is C26H24Br2O2. The molecule has 0 amide bonds. The normalized spacial score (nSPS) is 24.3. The van der Waals surface area contributed by atoms with Crippen molar-refractivity contribution >= 4 is 43.9 Å². The molecule has 2 aliphatic carbocycles. The molecule has 3 aliphatic rings. The second-order valence-corrected chi connectivity index (χ2v) is 10.5. The summed E-state index contributed by atoms with van der Waals surface area (Å²) >= 11 is 7.06. The third kappa shape index (κ3) is 3.52. The Morgan fingerprint density at radius 2 is 1.50 bits per heavy atom. The quantitative estimate of drug-likeness (QED) is 0.370. The molecule has 5 rings (SSSR count). The number of benzene rings is 2. The lowest BCUT2D eigenvalue weighted by molar-refractivity contribution is -0.157. The Morgan fingerprint density at radius 3 is 2.17 bits per heavy atom. The van der Waals surface area contributed by atoms with Crippen molar-refractivity contribution in [3.8, 4) is 0 Å². The average molecular weight is 528 g/mol. The van der Waals surface area contributed by atoms with E-state index in [-0.39, 0.29) is 11.9 Å². The van der Waals surface area contributed by atoms with E-state index in [9.17, 15) is 4.79 Å². The second-order valence-electron chi connectivity index (χ2n) is 8.67. The summed E-state index contributed by atoms with van der Waals surface area (Å²) in [6, 6.07) is 16.8. The van der Waals surface area contributed by atoms with Crippen molar-refractivity contribution in [1.82, 2.24) is 0 Å². The first-order valence-corrected chi connectivity index (χ1v) is 12.3. The molecule has 0 radical (unpaired) electrons. The maximum Gasteiger partial charge on any atom is 0.318 e. The van der Waals surface area contributed by atoms with Gasteiger partial charge in [0.1, 0.15) is 5.76 Å². The molecule has 2 nitrogen and oxygen atoms in total. The molecule has 0 N–H and O–H groups in total. The summed E-state index contributed by atoms with van der Waals surface area (Å²) < 4.78 is 8.27. The van der Waals surface area contributed by atoms with E-state index < -0.39 is 5.41 Å². The number of halogens is 2. The van der Waals surface area contributed by atoms with E-state index in [4.69, 9.17) is 4.74 Å². The van der Waals surface area contributed by atoms with Crippen LogP contribution in [0.3, 0.4) is 0 Å². The average Bonchev–Trinajstić information content (AvgIpc) is 3.14. The van der Waals surface area contributed by atoms with Crippen LogP contribution in [0.25, 0.3) is 6.08 Å². The zero-order valence-corrected chi connectivity index (χ0v) is 20.0. The first-order valence-electron chi connectivity index (χ1n) is 10.7. The van der Waals surface area contributed by atoms with Crippen molar-refractivity contribution in [2.75, 3.05) is 0 Å². The molecule has 0 bridgehead atoms. The minimum atomic E-state index is -0.405.